The first-order chi connectivity index (χ1) is 14.5. The number of hydrogen-bond acceptors (Lipinski definition) is 4. The Bertz CT molecular complexity index is 1040. The molecule has 3 aromatic rings. The van der Waals surface area contributed by atoms with Crippen molar-refractivity contribution in [2.45, 2.75) is 6.92 Å². The summed E-state index contributed by atoms with van der Waals surface area (Å²) >= 11 is 6.23. The number of hydrogen-bond donors (Lipinski definition) is 0. The van der Waals surface area contributed by atoms with E-state index in [9.17, 15) is 8.78 Å². The second-order valence-electron chi connectivity index (χ2n) is 7.22. The van der Waals surface area contributed by atoms with Gasteiger partial charge in [-0.05, 0) is 31.2 Å². The molecule has 0 saturated carbocycles. The zero-order chi connectivity index (χ0) is 21.1. The van der Waals surface area contributed by atoms with Crippen molar-refractivity contribution in [1.29, 1.82) is 0 Å². The van der Waals surface area contributed by atoms with Crippen LogP contribution in [0.4, 0.5) is 14.5 Å². The van der Waals surface area contributed by atoms with Gasteiger partial charge < -0.3 is 4.90 Å². The first kappa shape index (κ1) is 23.2. The number of halogens is 4. The van der Waals surface area contributed by atoms with E-state index in [4.69, 9.17) is 11.6 Å². The fourth-order valence-electron chi connectivity index (χ4n) is 3.57. The van der Waals surface area contributed by atoms with Crippen LogP contribution in [0.3, 0.4) is 0 Å². The molecule has 1 saturated heterocycles. The number of aromatic nitrogens is 3. The molecule has 164 valence electrons. The van der Waals surface area contributed by atoms with E-state index in [0.717, 1.165) is 50.0 Å². The predicted octanol–water partition coefficient (Wildman–Crippen LogP) is 4.76. The van der Waals surface area contributed by atoms with E-state index < -0.39 is 11.6 Å². The van der Waals surface area contributed by atoms with Crippen molar-refractivity contribution in [3.63, 3.8) is 0 Å². The van der Waals surface area contributed by atoms with Gasteiger partial charge in [-0.2, -0.15) is 5.10 Å². The Labute approximate surface area is 191 Å². The Morgan fingerprint density at radius 2 is 1.81 bits per heavy atom. The molecule has 0 amide bonds. The van der Waals surface area contributed by atoms with Crippen LogP contribution in [0, 0.1) is 18.6 Å². The molecule has 9 heteroatoms. The summed E-state index contributed by atoms with van der Waals surface area (Å²) in [7, 11) is 0. The highest BCUT2D eigenvalue weighted by molar-refractivity contribution is 6.32. The summed E-state index contributed by atoms with van der Waals surface area (Å²) in [5, 5.41) is 4.96. The van der Waals surface area contributed by atoms with Gasteiger partial charge in [-0.25, -0.2) is 18.4 Å². The number of anilines is 1. The predicted molar refractivity (Wildman–Crippen MR) is 122 cm³/mol. The van der Waals surface area contributed by atoms with Crippen molar-refractivity contribution in [1.82, 2.24) is 19.7 Å². The minimum absolute atomic E-state index is 0. The van der Waals surface area contributed by atoms with E-state index in [-0.39, 0.29) is 12.4 Å². The van der Waals surface area contributed by atoms with Gasteiger partial charge in [0.2, 0.25) is 0 Å². The molecule has 3 heterocycles. The Hall–Kier alpha value is -2.48. The van der Waals surface area contributed by atoms with E-state index >= 15 is 0 Å². The zero-order valence-electron chi connectivity index (χ0n) is 17.0. The Balaban J connectivity index is 0.00000272. The molecule has 1 aromatic carbocycles. The normalized spacial score (nSPS) is 14.8. The maximum atomic E-state index is 13.4. The standard InChI is InChI=1S/C22H22ClF2N5.ClH/c1-16-17(15-27-30(16)22-21(23)5-2-6-26-22)4-3-7-28-8-10-29(11-9-28)20-13-18(24)12-19(25)14-20;/h2-6,12-15H,7-11H2,1H3;1H/b4-3+;. The summed E-state index contributed by atoms with van der Waals surface area (Å²) in [4.78, 5) is 8.62. The van der Waals surface area contributed by atoms with Crippen molar-refractivity contribution in [2.75, 3.05) is 37.6 Å². The molecule has 2 aromatic heterocycles. The molecule has 1 aliphatic rings. The Morgan fingerprint density at radius 3 is 2.48 bits per heavy atom. The molecule has 0 spiro atoms. The van der Waals surface area contributed by atoms with Gasteiger partial charge in [0.15, 0.2) is 5.82 Å². The van der Waals surface area contributed by atoms with E-state index in [1.807, 2.05) is 17.9 Å². The van der Waals surface area contributed by atoms with E-state index in [1.54, 1.807) is 29.2 Å². The second kappa shape index (κ2) is 10.2. The summed E-state index contributed by atoms with van der Waals surface area (Å²) in [5.41, 5.74) is 2.56. The van der Waals surface area contributed by atoms with Gasteiger partial charge in [-0.15, -0.1) is 12.4 Å². The van der Waals surface area contributed by atoms with Crippen LogP contribution >= 0.6 is 24.0 Å². The van der Waals surface area contributed by atoms with Crippen LogP contribution in [0.2, 0.25) is 5.02 Å². The number of nitrogens with zero attached hydrogens (tertiary/aromatic N) is 5. The van der Waals surface area contributed by atoms with Crippen LogP contribution in [0.15, 0.2) is 48.8 Å². The molecule has 1 fully saturated rings. The first-order valence-electron chi connectivity index (χ1n) is 9.77. The molecule has 0 unspecified atom stereocenters. The number of rotatable bonds is 5. The van der Waals surface area contributed by atoms with Crippen molar-refractivity contribution in [3.8, 4) is 5.82 Å². The van der Waals surface area contributed by atoms with Gasteiger partial charge in [0, 0.05) is 56.2 Å². The van der Waals surface area contributed by atoms with E-state index in [1.165, 1.54) is 12.1 Å². The second-order valence-corrected chi connectivity index (χ2v) is 7.63. The lowest BCUT2D eigenvalue weighted by Gasteiger charge is -2.35. The maximum Gasteiger partial charge on any atom is 0.172 e. The average Bonchev–Trinajstić information content (AvgIpc) is 3.08. The van der Waals surface area contributed by atoms with Gasteiger partial charge in [-0.1, -0.05) is 23.8 Å². The van der Waals surface area contributed by atoms with Gasteiger partial charge in [0.25, 0.3) is 0 Å². The molecule has 4 rings (SSSR count). The van der Waals surface area contributed by atoms with Crippen LogP contribution < -0.4 is 4.90 Å². The first-order valence-corrected chi connectivity index (χ1v) is 10.1. The monoisotopic (exact) mass is 465 g/mol. The molecule has 5 nitrogen and oxygen atoms in total. The summed E-state index contributed by atoms with van der Waals surface area (Å²) in [6.45, 7) is 5.88. The van der Waals surface area contributed by atoms with Crippen LogP contribution in [0.5, 0.6) is 0 Å². The molecular formula is C22H23Cl2F2N5. The third-order valence-corrected chi connectivity index (χ3v) is 5.53. The highest BCUT2D eigenvalue weighted by Crippen LogP contribution is 2.21. The van der Waals surface area contributed by atoms with Crippen molar-refractivity contribution >= 4 is 35.8 Å². The molecular weight excluding hydrogens is 443 g/mol. The average molecular weight is 466 g/mol. The van der Waals surface area contributed by atoms with E-state index in [0.29, 0.717) is 16.5 Å². The minimum atomic E-state index is -0.543. The third-order valence-electron chi connectivity index (χ3n) is 5.23. The molecule has 0 aliphatic carbocycles. The van der Waals surface area contributed by atoms with Gasteiger partial charge in [0.05, 0.1) is 16.9 Å². The van der Waals surface area contributed by atoms with Crippen LogP contribution in [0.25, 0.3) is 11.9 Å². The molecule has 31 heavy (non-hydrogen) atoms. The highest BCUT2D eigenvalue weighted by Gasteiger charge is 2.17. The molecule has 0 atom stereocenters. The van der Waals surface area contributed by atoms with E-state index in [2.05, 4.69) is 21.1 Å². The quantitative estimate of drug-likeness (QED) is 0.543. The smallest absolute Gasteiger partial charge is 0.172 e. The Kier molecular flexibility index (Phi) is 7.64. The summed E-state index contributed by atoms with van der Waals surface area (Å²) in [6.07, 6.45) is 7.64. The topological polar surface area (TPSA) is 37.2 Å². The van der Waals surface area contributed by atoms with Crippen LogP contribution in [0.1, 0.15) is 11.3 Å². The molecule has 1 aliphatic heterocycles. The third kappa shape index (κ3) is 5.42. The van der Waals surface area contributed by atoms with Crippen LogP contribution in [-0.4, -0.2) is 52.4 Å². The number of benzene rings is 1. The minimum Gasteiger partial charge on any atom is -0.369 e. The lowest BCUT2D eigenvalue weighted by atomic mass is 10.2. The molecule has 0 bridgehead atoms. The Morgan fingerprint density at radius 1 is 1.10 bits per heavy atom. The summed E-state index contributed by atoms with van der Waals surface area (Å²) in [6, 6.07) is 7.24. The fourth-order valence-corrected chi connectivity index (χ4v) is 3.77. The fraction of sp³-hybridized carbons (Fsp3) is 0.273. The molecule has 0 N–H and O–H groups in total. The lowest BCUT2D eigenvalue weighted by molar-refractivity contribution is 0.284. The SMILES string of the molecule is Cc1c(/C=C/CN2CCN(c3cc(F)cc(F)c3)CC2)cnn1-c1ncccc1Cl.Cl. The zero-order valence-corrected chi connectivity index (χ0v) is 18.6. The maximum absolute atomic E-state index is 13.4. The van der Waals surface area contributed by atoms with Crippen molar-refractivity contribution < 1.29 is 8.78 Å². The van der Waals surface area contributed by atoms with Crippen molar-refractivity contribution in [2.24, 2.45) is 0 Å². The number of pyridine rings is 1. The van der Waals surface area contributed by atoms with Gasteiger partial charge in [0.1, 0.15) is 11.6 Å². The summed E-state index contributed by atoms with van der Waals surface area (Å²) < 4.78 is 28.6. The largest absolute Gasteiger partial charge is 0.369 e. The van der Waals surface area contributed by atoms with Gasteiger partial charge in [-0.3, -0.25) is 4.90 Å². The summed E-state index contributed by atoms with van der Waals surface area (Å²) in [5.74, 6) is -0.474. The van der Waals surface area contributed by atoms with Gasteiger partial charge >= 0.3 is 0 Å². The highest BCUT2D eigenvalue weighted by atomic mass is 35.5. The van der Waals surface area contributed by atoms with Crippen LogP contribution in [-0.2, 0) is 0 Å². The lowest BCUT2D eigenvalue weighted by Crippen LogP contribution is -2.46. The van der Waals surface area contributed by atoms with Crippen molar-refractivity contribution in [3.05, 3.63) is 76.7 Å². The molecule has 0 radical (unpaired) electrons. The number of piperazine rings is 1.